The number of carbonyl (C=O) groups is 2. The summed E-state index contributed by atoms with van der Waals surface area (Å²) in [5, 5.41) is 0. The molecule has 0 aromatic heterocycles. The Labute approximate surface area is 112 Å². The Morgan fingerprint density at radius 2 is 1.74 bits per heavy atom. The molecule has 3 atom stereocenters. The third-order valence-corrected chi connectivity index (χ3v) is 5.17. The van der Waals surface area contributed by atoms with E-state index < -0.39 is 34.8 Å². The summed E-state index contributed by atoms with van der Waals surface area (Å²) in [4.78, 5) is 24.0. The summed E-state index contributed by atoms with van der Waals surface area (Å²) in [5.41, 5.74) is 0.845. The van der Waals surface area contributed by atoms with Crippen molar-refractivity contribution in [3.8, 4) is 0 Å². The molecule has 0 aromatic carbocycles. The van der Waals surface area contributed by atoms with Gasteiger partial charge < -0.3 is 9.47 Å². The van der Waals surface area contributed by atoms with Gasteiger partial charge in [-0.1, -0.05) is 19.4 Å². The maximum atomic E-state index is 12.1. The molecule has 1 fully saturated rings. The summed E-state index contributed by atoms with van der Waals surface area (Å²) < 4.78 is 10.9. The van der Waals surface area contributed by atoms with Gasteiger partial charge in [-0.3, -0.25) is 9.59 Å². The van der Waals surface area contributed by atoms with Crippen molar-refractivity contribution in [2.45, 2.75) is 40.2 Å². The van der Waals surface area contributed by atoms with Crippen LogP contribution in [0.5, 0.6) is 0 Å². The first kappa shape index (κ1) is 12.5. The Morgan fingerprint density at radius 3 is 2.37 bits per heavy atom. The molecule has 0 N–H and O–H groups in total. The highest BCUT2D eigenvalue weighted by Gasteiger charge is 2.65. The third-order valence-electron chi connectivity index (χ3n) is 5.17. The lowest BCUT2D eigenvalue weighted by Gasteiger charge is -2.49. The molecule has 0 aromatic rings. The summed E-state index contributed by atoms with van der Waals surface area (Å²) in [6.45, 7) is 9.74. The van der Waals surface area contributed by atoms with Gasteiger partial charge in [0.25, 0.3) is 0 Å². The normalized spacial score (nSPS) is 39.5. The molecule has 2 aliphatic heterocycles. The fourth-order valence-electron chi connectivity index (χ4n) is 3.82. The first-order valence-electron chi connectivity index (χ1n) is 6.54. The van der Waals surface area contributed by atoms with Gasteiger partial charge in [0.1, 0.15) is 5.60 Å². The van der Waals surface area contributed by atoms with Crippen molar-refractivity contribution in [3.05, 3.63) is 23.0 Å². The predicted octanol–water partition coefficient (Wildman–Crippen LogP) is 2.35. The number of esters is 2. The van der Waals surface area contributed by atoms with E-state index in [2.05, 4.69) is 0 Å². The van der Waals surface area contributed by atoms with Gasteiger partial charge in [-0.25, -0.2) is 0 Å². The lowest BCUT2D eigenvalue weighted by atomic mass is 9.55. The second-order valence-corrected chi connectivity index (χ2v) is 6.40. The minimum Gasteiger partial charge on any atom is -0.487 e. The van der Waals surface area contributed by atoms with E-state index in [9.17, 15) is 9.59 Å². The van der Waals surface area contributed by atoms with Crippen molar-refractivity contribution in [2.75, 3.05) is 0 Å². The first-order valence-corrected chi connectivity index (χ1v) is 6.54. The second kappa shape index (κ2) is 3.30. The molecule has 0 saturated carbocycles. The van der Waals surface area contributed by atoms with E-state index in [4.69, 9.17) is 9.47 Å². The molecule has 3 aliphatic rings. The zero-order chi connectivity index (χ0) is 14.2. The quantitative estimate of drug-likeness (QED) is 0.496. The van der Waals surface area contributed by atoms with E-state index in [1.165, 1.54) is 0 Å². The number of hydrogen-bond acceptors (Lipinski definition) is 4. The van der Waals surface area contributed by atoms with Crippen LogP contribution in [0.4, 0.5) is 0 Å². The topological polar surface area (TPSA) is 52.6 Å². The molecule has 2 heterocycles. The molecule has 19 heavy (non-hydrogen) atoms. The number of rotatable bonds is 0. The Kier molecular flexibility index (Phi) is 2.16. The number of fused-ring (bicyclic) bond motifs is 2. The summed E-state index contributed by atoms with van der Waals surface area (Å²) in [5.74, 6) is -0.948. The number of carbonyl (C=O) groups excluding carboxylic acids is 2. The highest BCUT2D eigenvalue weighted by atomic mass is 16.6. The van der Waals surface area contributed by atoms with Crippen molar-refractivity contribution >= 4 is 11.9 Å². The van der Waals surface area contributed by atoms with Crippen molar-refractivity contribution < 1.29 is 19.1 Å². The summed E-state index contributed by atoms with van der Waals surface area (Å²) in [6, 6.07) is 0. The van der Waals surface area contributed by atoms with Crippen molar-refractivity contribution in [1.82, 2.24) is 0 Å². The molecule has 0 spiro atoms. The average molecular weight is 262 g/mol. The predicted molar refractivity (Wildman–Crippen MR) is 67.8 cm³/mol. The smallest absolute Gasteiger partial charge is 0.321 e. The zero-order valence-corrected chi connectivity index (χ0v) is 11.9. The lowest BCUT2D eigenvalue weighted by molar-refractivity contribution is -0.156. The van der Waals surface area contributed by atoms with E-state index in [0.717, 1.165) is 16.9 Å². The van der Waals surface area contributed by atoms with Crippen LogP contribution in [-0.4, -0.2) is 17.5 Å². The van der Waals surface area contributed by atoms with E-state index >= 15 is 0 Å². The van der Waals surface area contributed by atoms with Gasteiger partial charge in [-0.15, -0.1) is 0 Å². The monoisotopic (exact) mass is 262 g/mol. The Morgan fingerprint density at radius 1 is 1.11 bits per heavy atom. The highest BCUT2D eigenvalue weighted by Crippen LogP contribution is 2.59. The maximum absolute atomic E-state index is 12.1. The molecular formula is C15H18O4. The van der Waals surface area contributed by atoms with Gasteiger partial charge in [-0.05, 0) is 32.4 Å². The Bertz CT molecular complexity index is 567. The van der Waals surface area contributed by atoms with Crippen LogP contribution in [0.2, 0.25) is 0 Å². The van der Waals surface area contributed by atoms with Gasteiger partial charge in [-0.2, -0.15) is 0 Å². The summed E-state index contributed by atoms with van der Waals surface area (Å²) >= 11 is 0. The fraction of sp³-hybridized carbons (Fsp3) is 0.600. The largest absolute Gasteiger partial charge is 0.487 e. The molecule has 4 heteroatoms. The molecule has 0 bridgehead atoms. The van der Waals surface area contributed by atoms with Crippen LogP contribution in [-0.2, 0) is 19.1 Å². The van der Waals surface area contributed by atoms with E-state index in [-0.39, 0.29) is 0 Å². The van der Waals surface area contributed by atoms with Crippen LogP contribution in [0, 0.1) is 17.3 Å². The lowest BCUT2D eigenvalue weighted by Crippen LogP contribution is -2.54. The standard InChI is InChI=1S/C15H18O4/c1-7-6-9-8(2)10-11(13(17)18-12(10)16)14(3,4)15(9,5)19-7/h6,10-11H,1-5H3. The van der Waals surface area contributed by atoms with Gasteiger partial charge in [0, 0.05) is 5.41 Å². The van der Waals surface area contributed by atoms with Crippen LogP contribution in [0.1, 0.15) is 34.6 Å². The minimum absolute atomic E-state index is 0.423. The van der Waals surface area contributed by atoms with Crippen LogP contribution in [0.25, 0.3) is 0 Å². The first-order chi connectivity index (χ1) is 8.70. The third kappa shape index (κ3) is 1.24. The SMILES string of the molecule is CC1=CC2=C(C)C3C(=O)OC(=O)C3C(C)(C)C2(C)O1. The van der Waals surface area contributed by atoms with E-state index in [1.807, 2.05) is 40.7 Å². The number of ether oxygens (including phenoxy) is 2. The Balaban J connectivity index is 2.28. The molecule has 0 amide bonds. The van der Waals surface area contributed by atoms with Crippen LogP contribution < -0.4 is 0 Å². The van der Waals surface area contributed by atoms with Crippen molar-refractivity contribution in [3.63, 3.8) is 0 Å². The summed E-state index contributed by atoms with van der Waals surface area (Å²) in [7, 11) is 0. The minimum atomic E-state index is -0.577. The second-order valence-electron chi connectivity index (χ2n) is 6.40. The van der Waals surface area contributed by atoms with Crippen LogP contribution in [0.3, 0.4) is 0 Å². The van der Waals surface area contributed by atoms with E-state index in [0.29, 0.717) is 0 Å². The van der Waals surface area contributed by atoms with Gasteiger partial charge in [0.15, 0.2) is 0 Å². The Hall–Kier alpha value is -1.58. The van der Waals surface area contributed by atoms with Gasteiger partial charge in [0.05, 0.1) is 17.6 Å². The molecule has 4 nitrogen and oxygen atoms in total. The highest BCUT2D eigenvalue weighted by molar-refractivity contribution is 5.99. The number of cyclic esters (lactones) is 2. The summed E-state index contributed by atoms with van der Waals surface area (Å²) in [6.07, 6.45) is 1.98. The zero-order valence-electron chi connectivity index (χ0n) is 11.9. The maximum Gasteiger partial charge on any atom is 0.321 e. The van der Waals surface area contributed by atoms with Crippen molar-refractivity contribution in [1.29, 1.82) is 0 Å². The molecule has 102 valence electrons. The van der Waals surface area contributed by atoms with Gasteiger partial charge >= 0.3 is 11.9 Å². The molecule has 3 unspecified atom stereocenters. The van der Waals surface area contributed by atoms with Crippen molar-refractivity contribution in [2.24, 2.45) is 17.3 Å². The molecule has 3 rings (SSSR count). The average Bonchev–Trinajstić information content (AvgIpc) is 2.75. The number of hydrogen-bond donors (Lipinski definition) is 0. The molecular weight excluding hydrogens is 244 g/mol. The van der Waals surface area contributed by atoms with Crippen LogP contribution >= 0.6 is 0 Å². The number of allylic oxidation sites excluding steroid dienone is 1. The fourth-order valence-corrected chi connectivity index (χ4v) is 3.82. The van der Waals surface area contributed by atoms with E-state index in [1.54, 1.807) is 0 Å². The van der Waals surface area contributed by atoms with Gasteiger partial charge in [0.2, 0.25) is 0 Å². The molecule has 1 aliphatic carbocycles. The van der Waals surface area contributed by atoms with Crippen LogP contribution in [0.15, 0.2) is 23.0 Å². The molecule has 1 saturated heterocycles. The molecule has 0 radical (unpaired) electrons.